The van der Waals surface area contributed by atoms with Gasteiger partial charge in [-0.3, -0.25) is 19.6 Å². The normalized spacial score (nSPS) is 11.8. The average molecular weight is 344 g/mol. The Morgan fingerprint density at radius 1 is 1.25 bits per heavy atom. The second kappa shape index (κ2) is 5.43. The fraction of sp³-hybridized carbons (Fsp3) is 0.125. The van der Waals surface area contributed by atoms with Crippen LogP contribution < -0.4 is 11.3 Å². The minimum atomic E-state index is -4.39. The maximum Gasteiger partial charge on any atom is 0.295 e. The summed E-state index contributed by atoms with van der Waals surface area (Å²) in [5.41, 5.74) is 2.69. The molecular formula is C16H16N4O3S. The zero-order valence-corrected chi connectivity index (χ0v) is 13.9. The third kappa shape index (κ3) is 2.66. The van der Waals surface area contributed by atoms with Crippen LogP contribution in [0.5, 0.6) is 0 Å². The summed E-state index contributed by atoms with van der Waals surface area (Å²) in [7, 11) is -4.39. The van der Waals surface area contributed by atoms with E-state index in [0.29, 0.717) is 27.6 Å². The number of hydrogen-bond acceptors (Lipinski definition) is 5. The highest BCUT2D eigenvalue weighted by molar-refractivity contribution is 7.86. The Morgan fingerprint density at radius 3 is 2.62 bits per heavy atom. The Hall–Kier alpha value is -2.71. The second-order valence-electron chi connectivity index (χ2n) is 5.67. The lowest BCUT2D eigenvalue weighted by atomic mass is 10.0. The third-order valence-electron chi connectivity index (χ3n) is 3.80. The van der Waals surface area contributed by atoms with E-state index >= 15 is 0 Å². The molecule has 0 aliphatic heterocycles. The number of nitrogens with zero attached hydrogens (tertiary/aromatic N) is 2. The van der Waals surface area contributed by atoms with E-state index in [1.54, 1.807) is 31.2 Å². The smallest absolute Gasteiger partial charge is 0.295 e. The van der Waals surface area contributed by atoms with Crippen LogP contribution in [0.1, 0.15) is 11.1 Å². The van der Waals surface area contributed by atoms with Crippen LogP contribution >= 0.6 is 0 Å². The van der Waals surface area contributed by atoms with Gasteiger partial charge in [0.15, 0.2) is 5.49 Å². The van der Waals surface area contributed by atoms with Crippen molar-refractivity contribution in [3.63, 3.8) is 0 Å². The molecule has 0 aliphatic rings. The van der Waals surface area contributed by atoms with Gasteiger partial charge in [-0.15, -0.1) is 0 Å². The molecule has 0 radical (unpaired) electrons. The molecule has 0 unspecified atom stereocenters. The molecule has 0 saturated carbocycles. The van der Waals surface area contributed by atoms with Crippen LogP contribution in [-0.2, 0) is 10.1 Å². The monoisotopic (exact) mass is 344 g/mol. The molecule has 2 aromatic heterocycles. The highest BCUT2D eigenvalue weighted by atomic mass is 32.2. The summed E-state index contributed by atoms with van der Waals surface area (Å²) < 4.78 is 34.4. The summed E-state index contributed by atoms with van der Waals surface area (Å²) in [4.78, 5) is 4.10. The zero-order valence-electron chi connectivity index (χ0n) is 13.1. The highest BCUT2D eigenvalue weighted by Crippen LogP contribution is 2.32. The quantitative estimate of drug-likeness (QED) is 0.483. The van der Waals surface area contributed by atoms with Crippen molar-refractivity contribution in [2.45, 2.75) is 18.7 Å². The van der Waals surface area contributed by atoms with Gasteiger partial charge in [-0.05, 0) is 37.6 Å². The van der Waals surface area contributed by atoms with Gasteiger partial charge in [0.05, 0.1) is 0 Å². The van der Waals surface area contributed by atoms with Gasteiger partial charge in [-0.1, -0.05) is 11.6 Å². The summed E-state index contributed by atoms with van der Waals surface area (Å²) in [5.74, 6) is 5.63. The SMILES string of the molecule is Cc1cc(C)c(S(=O)(=O)O)c(-c2cnc3c(=N)n(N)ccc3c2)c1. The van der Waals surface area contributed by atoms with E-state index in [2.05, 4.69) is 4.98 Å². The minimum absolute atomic E-state index is 0.0504. The molecular weight excluding hydrogens is 328 g/mol. The summed E-state index contributed by atoms with van der Waals surface area (Å²) >= 11 is 0. The first kappa shape index (κ1) is 16.2. The Balaban J connectivity index is 2.36. The number of aryl methyl sites for hydroxylation is 2. The Kier molecular flexibility index (Phi) is 3.66. The maximum absolute atomic E-state index is 11.8. The lowest BCUT2D eigenvalue weighted by Crippen LogP contribution is -2.26. The van der Waals surface area contributed by atoms with Gasteiger partial charge in [-0.25, -0.2) is 0 Å². The molecule has 24 heavy (non-hydrogen) atoms. The minimum Gasteiger partial charge on any atom is -0.338 e. The lowest BCUT2D eigenvalue weighted by molar-refractivity contribution is 0.483. The molecule has 4 N–H and O–H groups in total. The molecule has 124 valence electrons. The average Bonchev–Trinajstić information content (AvgIpc) is 2.48. The largest absolute Gasteiger partial charge is 0.338 e. The Bertz CT molecular complexity index is 1130. The van der Waals surface area contributed by atoms with Crippen LogP contribution in [-0.4, -0.2) is 22.6 Å². The van der Waals surface area contributed by atoms with Gasteiger partial charge >= 0.3 is 0 Å². The molecule has 3 aromatic rings. The molecule has 0 spiro atoms. The van der Waals surface area contributed by atoms with E-state index in [9.17, 15) is 13.0 Å². The van der Waals surface area contributed by atoms with Gasteiger partial charge in [-0.2, -0.15) is 8.42 Å². The lowest BCUT2D eigenvalue weighted by Gasteiger charge is -2.12. The fourth-order valence-corrected chi connectivity index (χ4v) is 3.74. The summed E-state index contributed by atoms with van der Waals surface area (Å²) in [5, 5.41) is 8.57. The van der Waals surface area contributed by atoms with Crippen LogP contribution in [0, 0.1) is 19.3 Å². The Morgan fingerprint density at radius 2 is 1.96 bits per heavy atom. The number of nitrogen functional groups attached to an aromatic ring is 1. The van der Waals surface area contributed by atoms with E-state index in [-0.39, 0.29) is 10.4 Å². The molecule has 0 bridgehead atoms. The Labute approximate surface area is 138 Å². The van der Waals surface area contributed by atoms with E-state index in [0.717, 1.165) is 10.2 Å². The molecule has 1 aromatic carbocycles. The van der Waals surface area contributed by atoms with E-state index < -0.39 is 10.1 Å². The number of hydrogen-bond donors (Lipinski definition) is 3. The molecule has 7 nitrogen and oxygen atoms in total. The first-order valence-corrected chi connectivity index (χ1v) is 8.52. The summed E-state index contributed by atoms with van der Waals surface area (Å²) in [6.45, 7) is 3.48. The van der Waals surface area contributed by atoms with Crippen molar-refractivity contribution in [2.75, 3.05) is 5.84 Å². The van der Waals surface area contributed by atoms with E-state index in [1.807, 2.05) is 6.92 Å². The molecule has 3 rings (SSSR count). The van der Waals surface area contributed by atoms with Crippen molar-refractivity contribution in [1.29, 1.82) is 5.41 Å². The van der Waals surface area contributed by atoms with Crippen molar-refractivity contribution in [3.8, 4) is 11.1 Å². The number of nitrogens with two attached hydrogens (primary N) is 1. The molecule has 8 heteroatoms. The molecule has 0 amide bonds. The van der Waals surface area contributed by atoms with Gasteiger partial charge < -0.3 is 5.84 Å². The van der Waals surface area contributed by atoms with Crippen LogP contribution in [0.25, 0.3) is 22.0 Å². The topological polar surface area (TPSA) is 122 Å². The fourth-order valence-electron chi connectivity index (χ4n) is 2.82. The number of fused-ring (bicyclic) bond motifs is 1. The van der Waals surface area contributed by atoms with Gasteiger partial charge in [0.2, 0.25) is 0 Å². The van der Waals surface area contributed by atoms with Crippen molar-refractivity contribution in [3.05, 3.63) is 53.3 Å². The van der Waals surface area contributed by atoms with Crippen molar-refractivity contribution in [2.24, 2.45) is 0 Å². The van der Waals surface area contributed by atoms with Crippen LogP contribution in [0.15, 0.2) is 41.6 Å². The maximum atomic E-state index is 11.8. The first-order chi connectivity index (χ1) is 11.2. The first-order valence-electron chi connectivity index (χ1n) is 7.08. The third-order valence-corrected chi connectivity index (χ3v) is 4.86. The van der Waals surface area contributed by atoms with Gasteiger partial charge in [0.1, 0.15) is 10.4 Å². The van der Waals surface area contributed by atoms with Crippen LogP contribution in [0.2, 0.25) is 0 Å². The number of nitrogens with one attached hydrogen (secondary N) is 1. The molecule has 0 atom stereocenters. The predicted molar refractivity (Wildman–Crippen MR) is 90.5 cm³/mol. The molecule has 0 aliphatic carbocycles. The standard InChI is InChI=1S/C16H16N4O3S/c1-9-5-10(2)15(24(21,22)23)13(6-9)12-7-11-3-4-20(18)16(17)14(11)19-8-12/h3-8,17H,18H2,1-2H3,(H,21,22,23). The predicted octanol–water partition coefficient (Wildman–Crippen LogP) is 1.76. The summed E-state index contributed by atoms with van der Waals surface area (Å²) in [6.07, 6.45) is 3.00. The van der Waals surface area contributed by atoms with E-state index in [4.69, 9.17) is 11.3 Å². The molecule has 0 fully saturated rings. The van der Waals surface area contributed by atoms with Crippen LogP contribution in [0.4, 0.5) is 0 Å². The van der Waals surface area contributed by atoms with Gasteiger partial charge in [0, 0.05) is 28.9 Å². The van der Waals surface area contributed by atoms with Crippen LogP contribution in [0.3, 0.4) is 0 Å². The van der Waals surface area contributed by atoms with Crippen molar-refractivity contribution in [1.82, 2.24) is 9.66 Å². The summed E-state index contributed by atoms with van der Waals surface area (Å²) in [6, 6.07) is 6.80. The molecule has 2 heterocycles. The number of pyridine rings is 2. The second-order valence-corrected chi connectivity index (χ2v) is 7.03. The van der Waals surface area contributed by atoms with Crippen molar-refractivity contribution < 1.29 is 13.0 Å². The van der Waals surface area contributed by atoms with Gasteiger partial charge in [0.25, 0.3) is 10.1 Å². The number of benzene rings is 1. The van der Waals surface area contributed by atoms with E-state index in [1.165, 1.54) is 12.4 Å². The highest BCUT2D eigenvalue weighted by Gasteiger charge is 2.20. The zero-order chi connectivity index (χ0) is 17.6. The molecule has 0 saturated heterocycles. The number of aromatic nitrogens is 2. The number of rotatable bonds is 2. The van der Waals surface area contributed by atoms with Crippen molar-refractivity contribution >= 4 is 21.0 Å².